The van der Waals surface area contributed by atoms with Crippen molar-refractivity contribution >= 4 is 12.1 Å². The van der Waals surface area contributed by atoms with Crippen molar-refractivity contribution in [3.05, 3.63) is 53.3 Å². The highest BCUT2D eigenvalue weighted by Crippen LogP contribution is 2.15. The zero-order valence-electron chi connectivity index (χ0n) is 13.2. The van der Waals surface area contributed by atoms with E-state index in [1.54, 1.807) is 9.58 Å². The molecule has 1 amide bonds. The maximum Gasteiger partial charge on any atom is 0.410 e. The number of carboxylic acids is 1. The van der Waals surface area contributed by atoms with Crippen molar-refractivity contribution in [1.29, 1.82) is 0 Å². The van der Waals surface area contributed by atoms with E-state index in [2.05, 4.69) is 5.10 Å². The van der Waals surface area contributed by atoms with E-state index < -0.39 is 12.1 Å². The minimum atomic E-state index is -1.06. The average molecular weight is 329 g/mol. The van der Waals surface area contributed by atoms with Crippen LogP contribution in [0, 0.1) is 0 Å². The van der Waals surface area contributed by atoms with Gasteiger partial charge in [0.05, 0.1) is 12.2 Å². The third-order valence-corrected chi connectivity index (χ3v) is 3.95. The fourth-order valence-corrected chi connectivity index (χ4v) is 2.69. The van der Waals surface area contributed by atoms with E-state index in [9.17, 15) is 9.59 Å². The number of benzene rings is 1. The summed E-state index contributed by atoms with van der Waals surface area (Å²) >= 11 is 0. The molecular formula is C17H19N3O4. The van der Waals surface area contributed by atoms with Crippen molar-refractivity contribution in [1.82, 2.24) is 14.7 Å². The molecule has 0 radical (unpaired) electrons. The van der Waals surface area contributed by atoms with Crippen LogP contribution in [0.1, 0.15) is 34.6 Å². The highest BCUT2D eigenvalue weighted by molar-refractivity contribution is 5.85. The first-order valence-electron chi connectivity index (χ1n) is 7.89. The number of hydrogen-bond acceptors (Lipinski definition) is 4. The minimum absolute atomic E-state index is 0.00417. The molecule has 1 N–H and O–H groups in total. The summed E-state index contributed by atoms with van der Waals surface area (Å²) in [6, 6.07) is 11.0. The Morgan fingerprint density at radius 3 is 2.67 bits per heavy atom. The number of ether oxygens (including phenoxy) is 1. The molecule has 0 fully saturated rings. The average Bonchev–Trinajstić information content (AvgIpc) is 2.96. The number of rotatable bonds is 3. The van der Waals surface area contributed by atoms with Gasteiger partial charge >= 0.3 is 12.1 Å². The molecule has 0 unspecified atom stereocenters. The van der Waals surface area contributed by atoms with Crippen molar-refractivity contribution in [2.75, 3.05) is 6.54 Å². The lowest BCUT2D eigenvalue weighted by atomic mass is 10.2. The van der Waals surface area contributed by atoms with Crippen LogP contribution in [-0.2, 0) is 24.4 Å². The summed E-state index contributed by atoms with van der Waals surface area (Å²) in [5, 5.41) is 13.2. The topological polar surface area (TPSA) is 84.7 Å². The van der Waals surface area contributed by atoms with E-state index in [1.165, 1.54) is 6.07 Å². The Kier molecular flexibility index (Phi) is 4.79. The van der Waals surface area contributed by atoms with Gasteiger partial charge in [0.15, 0.2) is 5.69 Å². The molecular weight excluding hydrogens is 310 g/mol. The highest BCUT2D eigenvalue weighted by Gasteiger charge is 2.22. The molecule has 0 saturated carbocycles. The molecule has 3 rings (SSSR count). The van der Waals surface area contributed by atoms with E-state index in [4.69, 9.17) is 9.84 Å². The van der Waals surface area contributed by atoms with E-state index in [0.29, 0.717) is 25.3 Å². The number of carbonyl (C=O) groups is 2. The van der Waals surface area contributed by atoms with Crippen molar-refractivity contribution in [2.45, 2.75) is 32.5 Å². The first kappa shape index (κ1) is 16.0. The molecule has 0 spiro atoms. The van der Waals surface area contributed by atoms with Gasteiger partial charge in [0.2, 0.25) is 0 Å². The largest absolute Gasteiger partial charge is 0.476 e. The molecule has 2 aromatic rings. The molecule has 1 aliphatic rings. The van der Waals surface area contributed by atoms with Gasteiger partial charge < -0.3 is 14.7 Å². The fourth-order valence-electron chi connectivity index (χ4n) is 2.69. The normalized spacial score (nSPS) is 14.4. The van der Waals surface area contributed by atoms with Gasteiger partial charge in [-0.2, -0.15) is 5.10 Å². The van der Waals surface area contributed by atoms with Gasteiger partial charge in [0.1, 0.15) is 6.61 Å². The number of aromatic nitrogens is 2. The minimum Gasteiger partial charge on any atom is -0.476 e. The van der Waals surface area contributed by atoms with Crippen molar-refractivity contribution in [2.24, 2.45) is 0 Å². The van der Waals surface area contributed by atoms with Gasteiger partial charge in [-0.15, -0.1) is 0 Å². The van der Waals surface area contributed by atoms with E-state index in [0.717, 1.165) is 18.4 Å². The van der Waals surface area contributed by atoms with Gasteiger partial charge in [-0.25, -0.2) is 9.59 Å². The van der Waals surface area contributed by atoms with Gasteiger partial charge in [0.25, 0.3) is 0 Å². The molecule has 0 aliphatic carbocycles. The zero-order valence-corrected chi connectivity index (χ0v) is 13.2. The summed E-state index contributed by atoms with van der Waals surface area (Å²) in [5.74, 6) is -1.06. The summed E-state index contributed by atoms with van der Waals surface area (Å²) in [4.78, 5) is 25.0. The maximum atomic E-state index is 12.3. The lowest BCUT2D eigenvalue weighted by molar-refractivity contribution is 0.0689. The molecule has 0 atom stereocenters. The van der Waals surface area contributed by atoms with Crippen LogP contribution in [0.25, 0.3) is 0 Å². The number of carbonyl (C=O) groups excluding carboxylic acids is 1. The summed E-state index contributed by atoms with van der Waals surface area (Å²) in [5.41, 5.74) is 1.64. The number of amides is 1. The first-order chi connectivity index (χ1) is 11.6. The predicted molar refractivity (Wildman–Crippen MR) is 85.5 cm³/mol. The molecule has 24 heavy (non-hydrogen) atoms. The second kappa shape index (κ2) is 7.16. The smallest absolute Gasteiger partial charge is 0.410 e. The Morgan fingerprint density at radius 1 is 1.17 bits per heavy atom. The molecule has 7 heteroatoms. The number of nitrogens with zero attached hydrogens (tertiary/aromatic N) is 3. The number of fused-ring (bicyclic) bond motifs is 1. The van der Waals surface area contributed by atoms with Crippen molar-refractivity contribution in [3.63, 3.8) is 0 Å². The van der Waals surface area contributed by atoms with Gasteiger partial charge in [0, 0.05) is 13.1 Å². The number of hydrogen-bond donors (Lipinski definition) is 1. The van der Waals surface area contributed by atoms with Crippen molar-refractivity contribution in [3.8, 4) is 0 Å². The Morgan fingerprint density at radius 2 is 1.92 bits per heavy atom. The second-order valence-corrected chi connectivity index (χ2v) is 5.72. The molecule has 2 heterocycles. The Hall–Kier alpha value is -2.83. The predicted octanol–water partition coefficient (Wildman–Crippen LogP) is 2.51. The molecule has 0 bridgehead atoms. The first-order valence-corrected chi connectivity index (χ1v) is 7.89. The number of aryl methyl sites for hydroxylation is 1. The SMILES string of the molecule is O=C(O)c1cc2n(n1)CCCCN(C(=O)OCc1ccccc1)C2. The van der Waals surface area contributed by atoms with Crippen LogP contribution < -0.4 is 0 Å². The molecule has 1 aliphatic heterocycles. The Labute approximate surface area is 139 Å². The van der Waals surface area contributed by atoms with Crippen molar-refractivity contribution < 1.29 is 19.4 Å². The third-order valence-electron chi connectivity index (χ3n) is 3.95. The monoisotopic (exact) mass is 329 g/mol. The van der Waals surface area contributed by atoms with Crippen LogP contribution >= 0.6 is 0 Å². The molecule has 126 valence electrons. The van der Waals surface area contributed by atoms with Gasteiger partial charge in [-0.1, -0.05) is 30.3 Å². The van der Waals surface area contributed by atoms with Crippen LogP contribution in [0.4, 0.5) is 4.79 Å². The summed E-state index contributed by atoms with van der Waals surface area (Å²) in [6.07, 6.45) is 1.25. The summed E-state index contributed by atoms with van der Waals surface area (Å²) in [6.45, 7) is 1.76. The second-order valence-electron chi connectivity index (χ2n) is 5.72. The Bertz CT molecular complexity index is 727. The van der Waals surface area contributed by atoms with Crippen LogP contribution in [0.2, 0.25) is 0 Å². The lowest BCUT2D eigenvalue weighted by Crippen LogP contribution is -2.34. The lowest BCUT2D eigenvalue weighted by Gasteiger charge is -2.24. The zero-order chi connectivity index (χ0) is 16.9. The van der Waals surface area contributed by atoms with Crippen LogP contribution in [0.15, 0.2) is 36.4 Å². The molecule has 1 aromatic carbocycles. The van der Waals surface area contributed by atoms with E-state index >= 15 is 0 Å². The van der Waals surface area contributed by atoms with Gasteiger partial charge in [-0.05, 0) is 24.5 Å². The van der Waals surface area contributed by atoms with Crippen LogP contribution in [-0.4, -0.2) is 38.4 Å². The molecule has 7 nitrogen and oxygen atoms in total. The number of carboxylic acid groups (broad SMARTS) is 1. The van der Waals surface area contributed by atoms with E-state index in [1.807, 2.05) is 30.3 Å². The summed E-state index contributed by atoms with van der Waals surface area (Å²) in [7, 11) is 0. The highest BCUT2D eigenvalue weighted by atomic mass is 16.6. The van der Waals surface area contributed by atoms with Crippen LogP contribution in [0.5, 0.6) is 0 Å². The van der Waals surface area contributed by atoms with E-state index in [-0.39, 0.29) is 12.3 Å². The summed E-state index contributed by atoms with van der Waals surface area (Å²) < 4.78 is 7.04. The quantitative estimate of drug-likeness (QED) is 0.935. The molecule has 1 aromatic heterocycles. The standard InChI is InChI=1S/C17H19N3O4/c21-16(22)15-10-14-11-19(8-4-5-9-20(14)18-15)17(23)24-12-13-6-2-1-3-7-13/h1-3,6-7,10H,4-5,8-9,11-12H2,(H,21,22). The maximum absolute atomic E-state index is 12.3. The number of aromatic carboxylic acids is 1. The fraction of sp³-hybridized carbons (Fsp3) is 0.353. The van der Waals surface area contributed by atoms with Crippen LogP contribution in [0.3, 0.4) is 0 Å². The third kappa shape index (κ3) is 3.73. The van der Waals surface area contributed by atoms with Gasteiger partial charge in [-0.3, -0.25) is 4.68 Å². The molecule has 0 saturated heterocycles. The Balaban J connectivity index is 1.68.